The van der Waals surface area contributed by atoms with Gasteiger partial charge in [-0.15, -0.1) is 0 Å². The molecule has 0 heterocycles. The van der Waals surface area contributed by atoms with E-state index in [1.54, 1.807) is 0 Å². The summed E-state index contributed by atoms with van der Waals surface area (Å²) in [4.78, 5) is 24.5. The lowest BCUT2D eigenvalue weighted by Gasteiger charge is -2.38. The lowest BCUT2D eigenvalue weighted by Crippen LogP contribution is -2.46. The van der Waals surface area contributed by atoms with Gasteiger partial charge in [-0.2, -0.15) is 12.6 Å². The van der Waals surface area contributed by atoms with E-state index in [0.29, 0.717) is 5.78 Å². The second-order valence-electron chi connectivity index (χ2n) is 18.8. The van der Waals surface area contributed by atoms with Crippen LogP contribution in [0.4, 0.5) is 0 Å². The molecular weight excluding hydrogens is 683 g/mol. The maximum Gasteiger partial charge on any atom is 0.330 e. The van der Waals surface area contributed by atoms with E-state index < -0.39 is 5.60 Å². The molecule has 0 saturated heterocycles. The van der Waals surface area contributed by atoms with Crippen molar-refractivity contribution in [1.82, 2.24) is 0 Å². The number of unbranched alkanes of at least 4 members (excludes halogenated alkanes) is 1. The lowest BCUT2D eigenvalue weighted by atomic mass is 9.66. The zero-order valence-electron chi connectivity index (χ0n) is 39.3. The Labute approximate surface area is 343 Å². The normalized spacial score (nSPS) is 17.0. The van der Waals surface area contributed by atoms with Crippen molar-refractivity contribution in [2.75, 3.05) is 0 Å². The average Bonchev–Trinajstić information content (AvgIpc) is 3.07. The number of carbonyl (C=O) groups is 2. The molecule has 0 aromatic heterocycles. The maximum atomic E-state index is 13.3. The Kier molecular flexibility index (Phi) is 27.0. The van der Waals surface area contributed by atoms with Crippen LogP contribution in [-0.2, 0) is 24.4 Å². The second kappa shape index (κ2) is 26.6. The van der Waals surface area contributed by atoms with E-state index in [-0.39, 0.29) is 33.6 Å². The summed E-state index contributed by atoms with van der Waals surface area (Å²) >= 11 is 4.66. The molecule has 1 radical (unpaired) electrons. The van der Waals surface area contributed by atoms with Gasteiger partial charge in [-0.3, -0.25) is 9.59 Å². The van der Waals surface area contributed by atoms with Gasteiger partial charge in [0.2, 0.25) is 0 Å². The zero-order chi connectivity index (χ0) is 42.5. The van der Waals surface area contributed by atoms with Crippen LogP contribution < -0.4 is 5.46 Å². The zero-order valence-corrected chi connectivity index (χ0v) is 40.2. The maximum absolute atomic E-state index is 13.3. The smallest absolute Gasteiger partial charge is 0.330 e. The number of benzene rings is 1. The first kappa shape index (κ1) is 54.8. The molecule has 2 unspecified atom stereocenters. The Bertz CT molecular complexity index is 1150. The number of thiol groups is 1. The molecule has 1 aliphatic carbocycles. The van der Waals surface area contributed by atoms with Crippen molar-refractivity contribution in [1.29, 1.82) is 0 Å². The van der Waals surface area contributed by atoms with Crippen LogP contribution in [0.5, 0.6) is 0 Å². The Morgan fingerprint density at radius 2 is 1.39 bits per heavy atom. The summed E-state index contributed by atoms with van der Waals surface area (Å²) in [6.45, 7) is 39.7. The van der Waals surface area contributed by atoms with Crippen LogP contribution in [0.15, 0.2) is 18.2 Å². The Morgan fingerprint density at radius 3 is 1.72 bits per heavy atom. The van der Waals surface area contributed by atoms with Crippen molar-refractivity contribution in [3.05, 3.63) is 29.3 Å². The minimum atomic E-state index is -0.398. The Hall–Kier alpha value is -1.27. The summed E-state index contributed by atoms with van der Waals surface area (Å²) in [5.41, 5.74) is 2.24. The van der Waals surface area contributed by atoms with Crippen molar-refractivity contribution in [3.8, 4) is 0 Å². The Balaban J connectivity index is 0. The highest BCUT2D eigenvalue weighted by Gasteiger charge is 2.40. The molecule has 1 aromatic rings. The molecular formula is C48H90BO4S. The van der Waals surface area contributed by atoms with Gasteiger partial charge in [0, 0.05) is 10.7 Å². The number of rotatable bonds is 18. The van der Waals surface area contributed by atoms with Crippen LogP contribution in [0.25, 0.3) is 0 Å². The fraction of sp³-hybridized carbons (Fsp3) is 0.833. The molecule has 1 fully saturated rings. The molecule has 0 aliphatic heterocycles. The van der Waals surface area contributed by atoms with Crippen molar-refractivity contribution in [2.45, 2.75) is 230 Å². The topological polar surface area (TPSA) is 52.6 Å². The predicted octanol–water partition coefficient (Wildman–Crippen LogP) is 13.8. The molecule has 0 N–H and O–H groups in total. The van der Waals surface area contributed by atoms with E-state index in [2.05, 4.69) is 100 Å². The van der Waals surface area contributed by atoms with Gasteiger partial charge < -0.3 is 9.39 Å². The third kappa shape index (κ3) is 20.8. The van der Waals surface area contributed by atoms with Gasteiger partial charge in [0.1, 0.15) is 11.4 Å². The highest BCUT2D eigenvalue weighted by molar-refractivity contribution is 7.81. The van der Waals surface area contributed by atoms with Gasteiger partial charge in [-0.05, 0) is 116 Å². The SMILES string of the molecule is CCC(C)C(=O)OC(C)(C)C.CCC1CC(C)C1.CCCC(CCC)(C(=O)C(C)C)c1ccc([B]OC(C)(C)C(C)(C)S)cc1C.CCCCC(C)CC. The van der Waals surface area contributed by atoms with E-state index in [9.17, 15) is 9.59 Å². The number of ether oxygens (including phenoxy) is 1. The summed E-state index contributed by atoms with van der Waals surface area (Å²) in [7, 11) is 1.82. The van der Waals surface area contributed by atoms with Crippen molar-refractivity contribution >= 4 is 37.3 Å². The largest absolute Gasteiger partial charge is 0.460 e. The molecule has 1 saturated carbocycles. The van der Waals surface area contributed by atoms with Gasteiger partial charge in [-0.25, -0.2) is 0 Å². The number of Topliss-reactive ketones (excluding diaryl/α,β-unsaturated/α-hetero) is 1. The summed E-state index contributed by atoms with van der Waals surface area (Å²) in [6.07, 6.45) is 14.6. The number of hydrogen-bond acceptors (Lipinski definition) is 5. The highest BCUT2D eigenvalue weighted by Crippen LogP contribution is 2.39. The van der Waals surface area contributed by atoms with E-state index in [0.717, 1.165) is 60.9 Å². The van der Waals surface area contributed by atoms with Crippen LogP contribution in [0.3, 0.4) is 0 Å². The molecule has 2 atom stereocenters. The van der Waals surface area contributed by atoms with Gasteiger partial charge in [0.15, 0.2) is 0 Å². The molecule has 1 aliphatic rings. The third-order valence-electron chi connectivity index (χ3n) is 11.3. The fourth-order valence-electron chi connectivity index (χ4n) is 6.56. The molecule has 0 bridgehead atoms. The van der Waals surface area contributed by atoms with Gasteiger partial charge >= 0.3 is 13.5 Å². The molecule has 2 rings (SSSR count). The molecule has 6 heteroatoms. The van der Waals surface area contributed by atoms with E-state index in [1.807, 2.05) is 69.8 Å². The van der Waals surface area contributed by atoms with Crippen LogP contribution in [0.1, 0.15) is 213 Å². The number of esters is 1. The first-order chi connectivity index (χ1) is 24.8. The average molecular weight is 774 g/mol. The molecule has 54 heavy (non-hydrogen) atoms. The number of carbonyl (C=O) groups excluding carboxylic acids is 2. The van der Waals surface area contributed by atoms with Crippen LogP contribution in [-0.4, -0.2) is 35.2 Å². The first-order valence-electron chi connectivity index (χ1n) is 21.9. The lowest BCUT2D eigenvalue weighted by molar-refractivity contribution is -0.159. The van der Waals surface area contributed by atoms with Crippen molar-refractivity contribution < 1.29 is 19.0 Å². The van der Waals surface area contributed by atoms with E-state index in [1.165, 1.54) is 50.5 Å². The van der Waals surface area contributed by atoms with Gasteiger partial charge in [0.25, 0.3) is 0 Å². The van der Waals surface area contributed by atoms with E-state index in [4.69, 9.17) is 9.39 Å². The number of aryl methyl sites for hydroxylation is 1. The molecule has 0 amide bonds. The fourth-order valence-corrected chi connectivity index (χ4v) is 6.62. The van der Waals surface area contributed by atoms with Gasteiger partial charge in [-0.1, -0.05) is 145 Å². The molecule has 0 spiro atoms. The summed E-state index contributed by atoms with van der Waals surface area (Å²) in [5, 5.41) is 0. The summed E-state index contributed by atoms with van der Waals surface area (Å²) < 4.78 is 11.0. The van der Waals surface area contributed by atoms with E-state index >= 15 is 0 Å². The second-order valence-corrected chi connectivity index (χ2v) is 19.9. The quantitative estimate of drug-likeness (QED) is 0.0917. The minimum absolute atomic E-state index is 0.0224. The molecule has 315 valence electrons. The number of hydrogen-bond donors (Lipinski definition) is 1. The standard InChI is InChI=1S/C24H40BO2S.C9H18O2.C8H18.C7H14/c1-10-14-24(15-11-2,21(26)17(3)4)20-13-12-19(16-18(20)5)25-27-22(6,7)23(8,9)28;1-6-7(2)8(10)11-9(3,4)5;1-4-6-7-8(3)5-2;1-3-7-4-6(2)5-7/h12-13,16-17,28H,10-11,14-15H2,1-9H3;7H,6H2,1-5H3;8H,4-7H2,1-3H3;6-7H,3-5H2,1-2H3. The van der Waals surface area contributed by atoms with Crippen LogP contribution in [0, 0.1) is 36.5 Å². The van der Waals surface area contributed by atoms with Gasteiger partial charge in [0.05, 0.1) is 16.9 Å². The molecule has 4 nitrogen and oxygen atoms in total. The third-order valence-corrected chi connectivity index (χ3v) is 11.8. The number of ketones is 1. The Morgan fingerprint density at radius 1 is 0.852 bits per heavy atom. The first-order valence-corrected chi connectivity index (χ1v) is 22.4. The van der Waals surface area contributed by atoms with Crippen LogP contribution >= 0.6 is 12.6 Å². The van der Waals surface area contributed by atoms with Crippen LogP contribution in [0.2, 0.25) is 0 Å². The highest BCUT2D eigenvalue weighted by atomic mass is 32.1. The predicted molar refractivity (Wildman–Crippen MR) is 243 cm³/mol. The summed E-state index contributed by atoms with van der Waals surface area (Å²) in [6, 6.07) is 6.37. The van der Waals surface area contributed by atoms with Crippen molar-refractivity contribution in [2.24, 2.45) is 29.6 Å². The molecule has 1 aromatic carbocycles. The minimum Gasteiger partial charge on any atom is -0.460 e. The van der Waals surface area contributed by atoms with Crippen molar-refractivity contribution in [3.63, 3.8) is 0 Å². The summed E-state index contributed by atoms with van der Waals surface area (Å²) in [5.74, 6) is 3.42. The monoisotopic (exact) mass is 774 g/mol.